The van der Waals surface area contributed by atoms with Gasteiger partial charge in [0.15, 0.2) is 0 Å². The molecule has 0 aromatic rings. The number of amides is 1. The van der Waals surface area contributed by atoms with Crippen LogP contribution in [0.5, 0.6) is 0 Å². The first kappa shape index (κ1) is 6.59. The lowest BCUT2D eigenvalue weighted by atomic mass is 10.2. The fourth-order valence-electron chi connectivity index (χ4n) is 1.40. The Bertz CT molecular complexity index is 97.1. The van der Waals surface area contributed by atoms with Gasteiger partial charge in [-0.25, -0.2) is 0 Å². The summed E-state index contributed by atoms with van der Waals surface area (Å²) in [6, 6.07) is 0.544. The first-order valence-electron chi connectivity index (χ1n) is 3.52. The van der Waals surface area contributed by atoms with Crippen LogP contribution in [0.4, 0.5) is 0 Å². The van der Waals surface area contributed by atoms with Crippen molar-refractivity contribution in [3.63, 3.8) is 0 Å². The predicted molar refractivity (Wildman–Crippen MR) is 36.1 cm³/mol. The van der Waals surface area contributed by atoms with Crippen LogP contribution in [0, 0.1) is 0 Å². The number of nitrogens with zero attached hydrogens (tertiary/aromatic N) is 1. The molecule has 1 amide bonds. The molecule has 0 spiro atoms. The van der Waals surface area contributed by atoms with Crippen LogP contribution in [0.15, 0.2) is 0 Å². The van der Waals surface area contributed by atoms with Crippen LogP contribution in [0.1, 0.15) is 25.7 Å². The molecule has 2 heteroatoms. The van der Waals surface area contributed by atoms with Crippen molar-refractivity contribution in [3.05, 3.63) is 0 Å². The summed E-state index contributed by atoms with van der Waals surface area (Å²) >= 11 is 0. The molecule has 0 aliphatic heterocycles. The van der Waals surface area contributed by atoms with E-state index in [0.29, 0.717) is 6.04 Å². The molecule has 1 aliphatic carbocycles. The van der Waals surface area contributed by atoms with Crippen LogP contribution in [-0.2, 0) is 4.79 Å². The summed E-state index contributed by atoms with van der Waals surface area (Å²) in [6.45, 7) is 0. The van der Waals surface area contributed by atoms with Gasteiger partial charge >= 0.3 is 0 Å². The van der Waals surface area contributed by atoms with Gasteiger partial charge in [-0.15, -0.1) is 0 Å². The second-order valence-electron chi connectivity index (χ2n) is 2.71. The number of hydrogen-bond acceptors (Lipinski definition) is 1. The summed E-state index contributed by atoms with van der Waals surface area (Å²) in [6.07, 6.45) is 5.92. The topological polar surface area (TPSA) is 20.3 Å². The maximum atomic E-state index is 10.2. The molecule has 1 fully saturated rings. The Morgan fingerprint density at radius 3 is 2.44 bits per heavy atom. The van der Waals surface area contributed by atoms with Gasteiger partial charge in [0.2, 0.25) is 6.41 Å². The number of rotatable bonds is 2. The van der Waals surface area contributed by atoms with Crippen molar-refractivity contribution in [2.45, 2.75) is 31.7 Å². The zero-order chi connectivity index (χ0) is 6.69. The van der Waals surface area contributed by atoms with Crippen molar-refractivity contribution in [3.8, 4) is 0 Å². The Labute approximate surface area is 55.8 Å². The fraction of sp³-hybridized carbons (Fsp3) is 0.857. The molecule has 2 nitrogen and oxygen atoms in total. The highest BCUT2D eigenvalue weighted by Gasteiger charge is 2.17. The number of carbonyl (C=O) groups is 1. The smallest absolute Gasteiger partial charge is 0.209 e. The molecule has 0 N–H and O–H groups in total. The first-order valence-corrected chi connectivity index (χ1v) is 3.52. The molecule has 1 rings (SSSR count). The Morgan fingerprint density at radius 2 is 2.00 bits per heavy atom. The van der Waals surface area contributed by atoms with Gasteiger partial charge in [0.25, 0.3) is 0 Å². The lowest BCUT2D eigenvalue weighted by Gasteiger charge is -2.17. The highest BCUT2D eigenvalue weighted by Crippen LogP contribution is 2.20. The Kier molecular flexibility index (Phi) is 2.09. The van der Waals surface area contributed by atoms with Gasteiger partial charge in [0.1, 0.15) is 0 Å². The highest BCUT2D eigenvalue weighted by molar-refractivity contribution is 5.47. The summed E-state index contributed by atoms with van der Waals surface area (Å²) in [5.74, 6) is 0. The molecule has 0 saturated heterocycles. The predicted octanol–water partition coefficient (Wildman–Crippen LogP) is 1.02. The van der Waals surface area contributed by atoms with E-state index in [-0.39, 0.29) is 0 Å². The molecule has 0 bridgehead atoms. The van der Waals surface area contributed by atoms with E-state index >= 15 is 0 Å². The van der Waals surface area contributed by atoms with E-state index in [1.165, 1.54) is 25.7 Å². The SMILES string of the molecule is CN(C=O)C1CCCC1. The minimum Gasteiger partial charge on any atom is -0.345 e. The number of carbonyl (C=O) groups excluding carboxylic acids is 1. The molecule has 1 aliphatic rings. The van der Waals surface area contributed by atoms with E-state index in [1.807, 2.05) is 7.05 Å². The van der Waals surface area contributed by atoms with Crippen LogP contribution < -0.4 is 0 Å². The normalized spacial score (nSPS) is 20.1. The van der Waals surface area contributed by atoms with Crippen molar-refractivity contribution in [2.75, 3.05) is 7.05 Å². The average molecular weight is 127 g/mol. The Balaban J connectivity index is 2.32. The zero-order valence-corrected chi connectivity index (χ0v) is 5.84. The van der Waals surface area contributed by atoms with Gasteiger partial charge in [-0.05, 0) is 12.8 Å². The van der Waals surface area contributed by atoms with Gasteiger partial charge in [0.05, 0.1) is 0 Å². The third-order valence-electron chi connectivity index (χ3n) is 2.07. The summed E-state index contributed by atoms with van der Waals surface area (Å²) in [5.41, 5.74) is 0. The summed E-state index contributed by atoms with van der Waals surface area (Å²) in [5, 5.41) is 0. The molecular formula is C7H13NO. The monoisotopic (exact) mass is 127 g/mol. The maximum absolute atomic E-state index is 10.2. The molecule has 0 atom stereocenters. The average Bonchev–Trinajstić information content (AvgIpc) is 2.37. The third-order valence-corrected chi connectivity index (χ3v) is 2.07. The van der Waals surface area contributed by atoms with Crippen molar-refractivity contribution in [1.29, 1.82) is 0 Å². The molecule has 52 valence electrons. The first-order chi connectivity index (χ1) is 4.34. The van der Waals surface area contributed by atoms with Gasteiger partial charge in [-0.1, -0.05) is 12.8 Å². The second kappa shape index (κ2) is 2.85. The van der Waals surface area contributed by atoms with Gasteiger partial charge in [-0.2, -0.15) is 0 Å². The summed E-state index contributed by atoms with van der Waals surface area (Å²) in [7, 11) is 1.86. The van der Waals surface area contributed by atoms with Crippen molar-refractivity contribution >= 4 is 6.41 Å². The largest absolute Gasteiger partial charge is 0.345 e. The second-order valence-corrected chi connectivity index (χ2v) is 2.71. The van der Waals surface area contributed by atoms with E-state index < -0.39 is 0 Å². The molecule has 0 heterocycles. The number of hydrogen-bond donors (Lipinski definition) is 0. The van der Waals surface area contributed by atoms with Crippen LogP contribution in [0.25, 0.3) is 0 Å². The van der Waals surface area contributed by atoms with Gasteiger partial charge in [0, 0.05) is 13.1 Å². The molecule has 0 unspecified atom stereocenters. The van der Waals surface area contributed by atoms with Crippen LogP contribution in [-0.4, -0.2) is 24.4 Å². The molecular weight excluding hydrogens is 114 g/mol. The molecule has 0 aromatic heterocycles. The standard InChI is InChI=1S/C7H13NO/c1-8(6-9)7-4-2-3-5-7/h6-7H,2-5H2,1H3. The van der Waals surface area contributed by atoms with E-state index in [9.17, 15) is 4.79 Å². The van der Waals surface area contributed by atoms with Gasteiger partial charge in [-0.3, -0.25) is 4.79 Å². The molecule has 0 radical (unpaired) electrons. The van der Waals surface area contributed by atoms with Crippen molar-refractivity contribution in [1.82, 2.24) is 4.90 Å². The summed E-state index contributed by atoms with van der Waals surface area (Å²) < 4.78 is 0. The minimum atomic E-state index is 0.544. The Morgan fingerprint density at radius 1 is 1.44 bits per heavy atom. The van der Waals surface area contributed by atoms with E-state index in [0.717, 1.165) is 6.41 Å². The van der Waals surface area contributed by atoms with Crippen LogP contribution in [0.2, 0.25) is 0 Å². The quantitative estimate of drug-likeness (QED) is 0.507. The Hall–Kier alpha value is -0.530. The highest BCUT2D eigenvalue weighted by atomic mass is 16.1. The van der Waals surface area contributed by atoms with Crippen molar-refractivity contribution < 1.29 is 4.79 Å². The lowest BCUT2D eigenvalue weighted by molar-refractivity contribution is -0.118. The van der Waals surface area contributed by atoms with Gasteiger partial charge < -0.3 is 4.90 Å². The van der Waals surface area contributed by atoms with E-state index in [4.69, 9.17) is 0 Å². The van der Waals surface area contributed by atoms with E-state index in [1.54, 1.807) is 4.90 Å². The zero-order valence-electron chi connectivity index (χ0n) is 5.84. The van der Waals surface area contributed by atoms with E-state index in [2.05, 4.69) is 0 Å². The molecule has 0 aromatic carbocycles. The third kappa shape index (κ3) is 1.44. The molecule has 9 heavy (non-hydrogen) atoms. The van der Waals surface area contributed by atoms with Crippen LogP contribution in [0.3, 0.4) is 0 Å². The van der Waals surface area contributed by atoms with Crippen molar-refractivity contribution in [2.24, 2.45) is 0 Å². The molecule has 1 saturated carbocycles. The lowest BCUT2D eigenvalue weighted by Crippen LogP contribution is -2.27. The fourth-order valence-corrected chi connectivity index (χ4v) is 1.40. The maximum Gasteiger partial charge on any atom is 0.209 e. The minimum absolute atomic E-state index is 0.544. The van der Waals surface area contributed by atoms with Crippen LogP contribution >= 0.6 is 0 Å². The summed E-state index contributed by atoms with van der Waals surface area (Å²) in [4.78, 5) is 12.0.